The number of fused-ring (bicyclic) bond motifs is 1. The van der Waals surface area contributed by atoms with E-state index in [0.29, 0.717) is 25.9 Å². The molecule has 0 bridgehead atoms. The number of amides is 1. The molecule has 0 radical (unpaired) electrons. The first kappa shape index (κ1) is 17.8. The topological polar surface area (TPSA) is 91.5 Å². The molecular weight excluding hydrogens is 342 g/mol. The van der Waals surface area contributed by atoms with Gasteiger partial charge in [-0.25, -0.2) is 12.7 Å². The molecule has 2 heterocycles. The van der Waals surface area contributed by atoms with Crippen molar-refractivity contribution in [1.29, 1.82) is 0 Å². The third kappa shape index (κ3) is 4.13. The lowest BCUT2D eigenvalue weighted by molar-refractivity contribution is -0.121. The van der Waals surface area contributed by atoms with Gasteiger partial charge in [0, 0.05) is 36.2 Å². The Labute approximate surface area is 147 Å². The second-order valence-corrected chi connectivity index (χ2v) is 8.39. The van der Waals surface area contributed by atoms with Gasteiger partial charge in [0.15, 0.2) is 0 Å². The maximum Gasteiger partial charge on any atom is 0.224 e. The molecule has 0 aliphatic carbocycles. The van der Waals surface area contributed by atoms with Gasteiger partial charge in [0.05, 0.1) is 19.8 Å². The van der Waals surface area contributed by atoms with Crippen molar-refractivity contribution in [2.75, 3.05) is 26.5 Å². The number of nitrogens with one attached hydrogen (secondary N) is 2. The Morgan fingerprint density at radius 1 is 1.36 bits per heavy atom. The average Bonchev–Trinajstić information content (AvgIpc) is 2.96. The van der Waals surface area contributed by atoms with Crippen LogP contribution in [0, 0.1) is 0 Å². The molecule has 1 aliphatic heterocycles. The number of methoxy groups -OCH3 is 1. The van der Waals surface area contributed by atoms with Gasteiger partial charge in [0.25, 0.3) is 0 Å². The molecule has 1 fully saturated rings. The molecule has 0 unspecified atom stereocenters. The van der Waals surface area contributed by atoms with Crippen molar-refractivity contribution in [2.45, 2.75) is 25.3 Å². The second kappa shape index (κ2) is 7.05. The number of sulfonamides is 1. The number of carbonyl (C=O) groups excluding carboxylic acids is 1. The predicted molar refractivity (Wildman–Crippen MR) is 96.1 cm³/mol. The van der Waals surface area contributed by atoms with Crippen molar-refractivity contribution < 1.29 is 17.9 Å². The molecule has 25 heavy (non-hydrogen) atoms. The van der Waals surface area contributed by atoms with Crippen molar-refractivity contribution in [3.05, 3.63) is 30.0 Å². The Hall–Kier alpha value is -2.06. The van der Waals surface area contributed by atoms with E-state index in [2.05, 4.69) is 10.3 Å². The minimum absolute atomic E-state index is 0.0187. The largest absolute Gasteiger partial charge is 0.497 e. The first-order chi connectivity index (χ1) is 11.9. The monoisotopic (exact) mass is 365 g/mol. The molecule has 8 heteroatoms. The molecule has 3 rings (SSSR count). The van der Waals surface area contributed by atoms with Gasteiger partial charge in [-0.15, -0.1) is 0 Å². The van der Waals surface area contributed by atoms with Crippen LogP contribution in [0.5, 0.6) is 5.75 Å². The van der Waals surface area contributed by atoms with E-state index in [-0.39, 0.29) is 18.4 Å². The summed E-state index contributed by atoms with van der Waals surface area (Å²) in [7, 11) is -1.53. The number of rotatable bonds is 5. The van der Waals surface area contributed by atoms with Gasteiger partial charge >= 0.3 is 0 Å². The second-order valence-electron chi connectivity index (χ2n) is 6.41. The highest BCUT2D eigenvalue weighted by molar-refractivity contribution is 7.88. The molecule has 1 aromatic heterocycles. The summed E-state index contributed by atoms with van der Waals surface area (Å²) in [4.78, 5) is 15.5. The van der Waals surface area contributed by atoms with Crippen molar-refractivity contribution in [2.24, 2.45) is 0 Å². The normalized spacial score (nSPS) is 16.9. The summed E-state index contributed by atoms with van der Waals surface area (Å²) in [5.41, 5.74) is 1.88. The molecule has 1 amide bonds. The van der Waals surface area contributed by atoms with Crippen molar-refractivity contribution in [1.82, 2.24) is 14.6 Å². The number of carbonyl (C=O) groups is 1. The van der Waals surface area contributed by atoms with Gasteiger partial charge in [-0.2, -0.15) is 0 Å². The lowest BCUT2D eigenvalue weighted by Gasteiger charge is -2.30. The zero-order chi connectivity index (χ0) is 18.0. The fraction of sp³-hybridized carbons (Fsp3) is 0.471. The van der Waals surface area contributed by atoms with Crippen LogP contribution >= 0.6 is 0 Å². The third-order valence-electron chi connectivity index (χ3n) is 4.61. The van der Waals surface area contributed by atoms with Gasteiger partial charge in [0.1, 0.15) is 5.75 Å². The smallest absolute Gasteiger partial charge is 0.224 e. The Morgan fingerprint density at radius 2 is 2.08 bits per heavy atom. The van der Waals surface area contributed by atoms with Crippen LogP contribution in [0.4, 0.5) is 0 Å². The van der Waals surface area contributed by atoms with Crippen LogP contribution in [-0.2, 0) is 21.2 Å². The molecule has 1 aliphatic rings. The van der Waals surface area contributed by atoms with Crippen molar-refractivity contribution in [3.63, 3.8) is 0 Å². The molecule has 1 aromatic carbocycles. The number of aromatic nitrogens is 1. The first-order valence-electron chi connectivity index (χ1n) is 8.25. The fourth-order valence-electron chi connectivity index (χ4n) is 3.21. The molecule has 7 nitrogen and oxygen atoms in total. The minimum Gasteiger partial charge on any atom is -0.497 e. The Bertz CT molecular complexity index is 867. The van der Waals surface area contributed by atoms with E-state index >= 15 is 0 Å². The molecule has 136 valence electrons. The molecule has 2 aromatic rings. The van der Waals surface area contributed by atoms with E-state index in [0.717, 1.165) is 22.2 Å². The van der Waals surface area contributed by atoms with Crippen LogP contribution in [0.1, 0.15) is 18.4 Å². The third-order valence-corrected chi connectivity index (χ3v) is 5.92. The summed E-state index contributed by atoms with van der Waals surface area (Å²) in [5, 5.41) is 3.99. The molecule has 0 atom stereocenters. The quantitative estimate of drug-likeness (QED) is 0.834. The lowest BCUT2D eigenvalue weighted by atomic mass is 10.1. The fourth-order valence-corrected chi connectivity index (χ4v) is 4.09. The summed E-state index contributed by atoms with van der Waals surface area (Å²) in [5.74, 6) is 0.698. The van der Waals surface area contributed by atoms with Crippen molar-refractivity contribution >= 4 is 26.8 Å². The van der Waals surface area contributed by atoms with E-state index in [4.69, 9.17) is 4.74 Å². The van der Waals surface area contributed by atoms with E-state index in [9.17, 15) is 13.2 Å². The summed E-state index contributed by atoms with van der Waals surface area (Å²) >= 11 is 0. The van der Waals surface area contributed by atoms with Gasteiger partial charge in [-0.1, -0.05) is 0 Å². The predicted octanol–water partition coefficient (Wildman–Crippen LogP) is 1.26. The van der Waals surface area contributed by atoms with Gasteiger partial charge < -0.3 is 15.0 Å². The van der Waals surface area contributed by atoms with Crippen LogP contribution in [0.25, 0.3) is 10.9 Å². The molecule has 2 N–H and O–H groups in total. The van der Waals surface area contributed by atoms with Crippen molar-refractivity contribution in [3.8, 4) is 5.75 Å². The molecule has 0 saturated carbocycles. The van der Waals surface area contributed by atoms with E-state index in [1.165, 1.54) is 10.6 Å². The number of nitrogens with zero attached hydrogens (tertiary/aromatic N) is 1. The summed E-state index contributed by atoms with van der Waals surface area (Å²) in [6.07, 6.45) is 4.62. The standard InChI is InChI=1S/C17H23N3O4S/c1-24-14-3-4-16-15(10-14)12(11-18-16)9-17(21)19-13-5-7-20(8-6-13)25(2,22)23/h3-4,10-11,13,18H,5-9H2,1-2H3,(H,19,21). The number of piperidine rings is 1. The summed E-state index contributed by atoms with van der Waals surface area (Å²) in [6.45, 7) is 0.905. The minimum atomic E-state index is -3.15. The number of hydrogen-bond acceptors (Lipinski definition) is 4. The Morgan fingerprint density at radius 3 is 2.72 bits per heavy atom. The highest BCUT2D eigenvalue weighted by Crippen LogP contribution is 2.24. The maximum absolute atomic E-state index is 12.4. The van der Waals surface area contributed by atoms with Crippen LogP contribution in [0.2, 0.25) is 0 Å². The van der Waals surface area contributed by atoms with Gasteiger partial charge in [-0.05, 0) is 36.6 Å². The van der Waals surface area contributed by atoms with Gasteiger partial charge in [0.2, 0.25) is 15.9 Å². The first-order valence-corrected chi connectivity index (χ1v) is 10.1. The zero-order valence-electron chi connectivity index (χ0n) is 14.4. The van der Waals surface area contributed by atoms with Crippen LogP contribution in [-0.4, -0.2) is 56.1 Å². The van der Waals surface area contributed by atoms with E-state index in [1.807, 2.05) is 24.4 Å². The van der Waals surface area contributed by atoms with E-state index in [1.54, 1.807) is 7.11 Å². The Balaban J connectivity index is 1.60. The molecule has 0 spiro atoms. The highest BCUT2D eigenvalue weighted by Gasteiger charge is 2.25. The Kier molecular flexibility index (Phi) is 5.01. The molecular formula is C17H23N3O4S. The van der Waals surface area contributed by atoms with Gasteiger partial charge in [-0.3, -0.25) is 4.79 Å². The number of ether oxygens (including phenoxy) is 1. The zero-order valence-corrected chi connectivity index (χ0v) is 15.2. The number of hydrogen-bond donors (Lipinski definition) is 2. The SMILES string of the molecule is COc1ccc2[nH]cc(CC(=O)NC3CCN(S(C)(=O)=O)CC3)c2c1. The number of benzene rings is 1. The van der Waals surface area contributed by atoms with Crippen LogP contribution in [0.3, 0.4) is 0 Å². The summed E-state index contributed by atoms with van der Waals surface area (Å²) < 4.78 is 29.8. The number of H-pyrrole nitrogens is 1. The average molecular weight is 365 g/mol. The van der Waals surface area contributed by atoms with Crippen LogP contribution < -0.4 is 10.1 Å². The summed E-state index contributed by atoms with van der Waals surface area (Å²) in [6, 6.07) is 5.73. The maximum atomic E-state index is 12.4. The van der Waals surface area contributed by atoms with E-state index < -0.39 is 10.0 Å². The lowest BCUT2D eigenvalue weighted by Crippen LogP contribution is -2.46. The number of aromatic amines is 1. The highest BCUT2D eigenvalue weighted by atomic mass is 32.2. The molecule has 1 saturated heterocycles. The van der Waals surface area contributed by atoms with Crippen LogP contribution in [0.15, 0.2) is 24.4 Å².